The molecule has 0 amide bonds. The number of fused-ring (bicyclic) bond motifs is 5. The average molecular weight is 456 g/mol. The Kier molecular flexibility index (Phi) is 5.03. The summed E-state index contributed by atoms with van der Waals surface area (Å²) in [5.41, 5.74) is 4.03. The number of para-hydroxylation sites is 2. The first-order valence-corrected chi connectivity index (χ1v) is 11.1. The van der Waals surface area contributed by atoms with E-state index in [1.807, 2.05) is 60.8 Å². The smallest absolute Gasteiger partial charge is 0.216 e. The first-order chi connectivity index (χ1) is 16.7. The number of pyridine rings is 1. The van der Waals surface area contributed by atoms with Crippen molar-refractivity contribution in [1.82, 2.24) is 24.8 Å². The van der Waals surface area contributed by atoms with Gasteiger partial charge in [0, 0.05) is 12.7 Å². The molecule has 1 N–H and O–H groups in total. The highest BCUT2D eigenvalue weighted by molar-refractivity contribution is 5.98. The van der Waals surface area contributed by atoms with Gasteiger partial charge < -0.3 is 14.8 Å². The van der Waals surface area contributed by atoms with Crippen LogP contribution in [0, 0.1) is 0 Å². The second-order valence-corrected chi connectivity index (χ2v) is 8.27. The quantitative estimate of drug-likeness (QED) is 0.495. The van der Waals surface area contributed by atoms with Crippen molar-refractivity contribution >= 4 is 22.9 Å². The van der Waals surface area contributed by atoms with Crippen LogP contribution in [0.15, 0.2) is 71.9 Å². The maximum Gasteiger partial charge on any atom is 0.216 e. The molecule has 4 heterocycles. The Morgan fingerprint density at radius 1 is 1.00 bits per heavy atom. The minimum absolute atomic E-state index is 0.195. The minimum atomic E-state index is -0.195. The molecule has 1 atom stereocenters. The molecule has 0 saturated carbocycles. The van der Waals surface area contributed by atoms with Crippen LogP contribution in [-0.2, 0) is 6.54 Å². The minimum Gasteiger partial charge on any atom is -0.493 e. The van der Waals surface area contributed by atoms with Crippen molar-refractivity contribution in [2.24, 2.45) is 4.99 Å². The summed E-state index contributed by atoms with van der Waals surface area (Å²) < 4.78 is 13.2. The Balaban J connectivity index is 1.42. The molecule has 0 saturated heterocycles. The van der Waals surface area contributed by atoms with Crippen molar-refractivity contribution < 1.29 is 9.47 Å². The number of nitrogens with one attached hydrogen (secondary N) is 1. The lowest BCUT2D eigenvalue weighted by Crippen LogP contribution is -2.57. The van der Waals surface area contributed by atoms with Gasteiger partial charge in [0.2, 0.25) is 11.9 Å². The highest BCUT2D eigenvalue weighted by atomic mass is 16.5. The van der Waals surface area contributed by atoms with Gasteiger partial charge in [0.15, 0.2) is 11.5 Å². The summed E-state index contributed by atoms with van der Waals surface area (Å²) in [7, 11) is 3.29. The second kappa shape index (κ2) is 8.35. The summed E-state index contributed by atoms with van der Waals surface area (Å²) in [5.74, 6) is 3.03. The summed E-state index contributed by atoms with van der Waals surface area (Å²) in [6.07, 6.45) is 1.63. The zero-order valence-electron chi connectivity index (χ0n) is 19.0. The summed E-state index contributed by atoms with van der Waals surface area (Å²) in [5, 5.41) is 3.64. The number of ether oxygens (including phenoxy) is 2. The number of aromatic nitrogens is 3. The van der Waals surface area contributed by atoms with Crippen LogP contribution < -0.4 is 19.7 Å². The predicted molar refractivity (Wildman–Crippen MR) is 130 cm³/mol. The van der Waals surface area contributed by atoms with Crippen LogP contribution in [-0.4, -0.2) is 53.0 Å². The number of nitrogens with zero attached hydrogens (tertiary/aromatic N) is 6. The number of hydrogen-bond acceptors (Lipinski definition) is 8. The molecule has 4 aromatic rings. The van der Waals surface area contributed by atoms with E-state index in [2.05, 4.69) is 30.7 Å². The molecule has 9 heteroatoms. The summed E-state index contributed by atoms with van der Waals surface area (Å²) in [6, 6.07) is 20.1. The van der Waals surface area contributed by atoms with Gasteiger partial charge in [-0.2, -0.15) is 0 Å². The van der Waals surface area contributed by atoms with Gasteiger partial charge >= 0.3 is 0 Å². The Morgan fingerprint density at radius 3 is 2.68 bits per heavy atom. The van der Waals surface area contributed by atoms with Crippen LogP contribution in [0.2, 0.25) is 0 Å². The third-order valence-electron chi connectivity index (χ3n) is 6.20. The van der Waals surface area contributed by atoms with Crippen molar-refractivity contribution in [2.75, 3.05) is 32.5 Å². The van der Waals surface area contributed by atoms with Crippen LogP contribution in [0.5, 0.6) is 11.5 Å². The largest absolute Gasteiger partial charge is 0.493 e. The van der Waals surface area contributed by atoms with E-state index >= 15 is 0 Å². The second-order valence-electron chi connectivity index (χ2n) is 8.27. The topological polar surface area (TPSA) is 80.0 Å². The highest BCUT2D eigenvalue weighted by Gasteiger charge is 2.36. The van der Waals surface area contributed by atoms with E-state index in [1.54, 1.807) is 14.2 Å². The monoisotopic (exact) mass is 455 g/mol. The maximum absolute atomic E-state index is 5.57. The van der Waals surface area contributed by atoms with Crippen LogP contribution in [0.25, 0.3) is 11.0 Å². The van der Waals surface area contributed by atoms with E-state index in [-0.39, 0.29) is 6.17 Å². The van der Waals surface area contributed by atoms with Crippen LogP contribution >= 0.6 is 0 Å². The van der Waals surface area contributed by atoms with E-state index in [9.17, 15) is 0 Å². The van der Waals surface area contributed by atoms with Gasteiger partial charge in [-0.1, -0.05) is 24.3 Å². The molecular formula is C25H25N7O2. The lowest BCUT2D eigenvalue weighted by atomic mass is 10.1. The molecule has 172 valence electrons. The van der Waals surface area contributed by atoms with Gasteiger partial charge in [-0.3, -0.25) is 19.4 Å². The molecule has 0 spiro atoms. The molecule has 2 aliphatic rings. The van der Waals surface area contributed by atoms with Gasteiger partial charge in [0.05, 0.1) is 44.3 Å². The fourth-order valence-electron chi connectivity index (χ4n) is 4.59. The van der Waals surface area contributed by atoms with Gasteiger partial charge in [0.1, 0.15) is 6.17 Å². The fraction of sp³-hybridized carbons (Fsp3) is 0.240. The standard InChI is InChI=1S/C25H25N7O2/c1-33-21-11-10-17(13-22(21)34-2)23-29-24-27-15-30(14-18-7-5-6-12-26-18)16-31(24)25-28-19-8-3-4-9-20(19)32(23)25/h3-13,23H,14-16H2,1-2H3,(H,27,29). The lowest BCUT2D eigenvalue weighted by molar-refractivity contribution is 0.261. The molecule has 2 aliphatic heterocycles. The van der Waals surface area contributed by atoms with E-state index in [1.165, 1.54) is 0 Å². The molecule has 6 rings (SSSR count). The molecule has 0 radical (unpaired) electrons. The van der Waals surface area contributed by atoms with Gasteiger partial charge in [-0.25, -0.2) is 9.98 Å². The maximum atomic E-state index is 5.57. The van der Waals surface area contributed by atoms with Gasteiger partial charge in [-0.15, -0.1) is 0 Å². The van der Waals surface area contributed by atoms with Crippen LogP contribution in [0.4, 0.5) is 5.95 Å². The third kappa shape index (κ3) is 3.41. The first kappa shape index (κ1) is 20.5. The molecule has 0 bridgehead atoms. The molecule has 1 unspecified atom stereocenters. The Labute approximate surface area is 197 Å². The molecule has 0 aliphatic carbocycles. The average Bonchev–Trinajstić information content (AvgIpc) is 3.28. The number of hydrogen-bond donors (Lipinski definition) is 1. The summed E-state index contributed by atoms with van der Waals surface area (Å²) in [4.78, 5) is 18.7. The Morgan fingerprint density at radius 2 is 1.85 bits per heavy atom. The number of benzene rings is 2. The first-order valence-electron chi connectivity index (χ1n) is 11.1. The van der Waals surface area contributed by atoms with Crippen molar-refractivity contribution in [3.63, 3.8) is 0 Å². The molecule has 2 aromatic heterocycles. The van der Waals surface area contributed by atoms with Crippen molar-refractivity contribution in [3.05, 3.63) is 78.1 Å². The number of methoxy groups -OCH3 is 2. The van der Waals surface area contributed by atoms with E-state index in [0.29, 0.717) is 31.4 Å². The highest BCUT2D eigenvalue weighted by Crippen LogP contribution is 2.37. The van der Waals surface area contributed by atoms with Crippen LogP contribution in [0.1, 0.15) is 17.4 Å². The van der Waals surface area contributed by atoms with Crippen molar-refractivity contribution in [2.45, 2.75) is 12.7 Å². The number of imidazole rings is 1. The molecule has 34 heavy (non-hydrogen) atoms. The SMILES string of the molecule is COc1ccc(C2NC3=NCN(Cc4ccccn4)CN3c3nc4ccccc4n32)cc1OC. The Hall–Kier alpha value is -4.11. The van der Waals surface area contributed by atoms with Gasteiger partial charge in [-0.05, 0) is 42.0 Å². The third-order valence-corrected chi connectivity index (χ3v) is 6.20. The van der Waals surface area contributed by atoms with Gasteiger partial charge in [0.25, 0.3) is 0 Å². The van der Waals surface area contributed by atoms with E-state index in [0.717, 1.165) is 34.2 Å². The molecule has 9 nitrogen and oxygen atoms in total. The van der Waals surface area contributed by atoms with E-state index < -0.39 is 0 Å². The van der Waals surface area contributed by atoms with Crippen molar-refractivity contribution in [3.8, 4) is 11.5 Å². The molecular weight excluding hydrogens is 430 g/mol. The summed E-state index contributed by atoms with van der Waals surface area (Å²) in [6.45, 7) is 1.95. The normalized spacial score (nSPS) is 17.5. The predicted octanol–water partition coefficient (Wildman–Crippen LogP) is 3.19. The number of guanidine groups is 1. The number of aliphatic imine (C=N–C) groups is 1. The number of rotatable bonds is 5. The van der Waals surface area contributed by atoms with Crippen molar-refractivity contribution in [1.29, 1.82) is 0 Å². The molecule has 0 fully saturated rings. The zero-order valence-corrected chi connectivity index (χ0v) is 19.0. The van der Waals surface area contributed by atoms with E-state index in [4.69, 9.17) is 19.5 Å². The fourth-order valence-corrected chi connectivity index (χ4v) is 4.59. The Bertz CT molecular complexity index is 1370. The number of anilines is 1. The molecule has 2 aromatic carbocycles. The zero-order chi connectivity index (χ0) is 23.1. The van der Waals surface area contributed by atoms with Crippen LogP contribution in [0.3, 0.4) is 0 Å². The lowest BCUT2D eigenvalue weighted by Gasteiger charge is -2.41. The summed E-state index contributed by atoms with van der Waals surface area (Å²) >= 11 is 0.